The van der Waals surface area contributed by atoms with Crippen molar-refractivity contribution in [1.29, 1.82) is 0 Å². The molecule has 11 aromatic carbocycles. The van der Waals surface area contributed by atoms with Crippen molar-refractivity contribution in [3.05, 3.63) is 279 Å². The topological polar surface area (TPSA) is 8.17 Å². The first-order valence-electron chi connectivity index (χ1n) is 23.3. The van der Waals surface area contributed by atoms with Crippen LogP contribution in [0.2, 0.25) is 0 Å². The highest BCUT2D eigenvalue weighted by Gasteiger charge is 2.18. The van der Waals surface area contributed by atoms with Crippen molar-refractivity contribution in [3.8, 4) is 72.4 Å². The van der Waals surface area contributed by atoms with Crippen molar-refractivity contribution in [3.63, 3.8) is 0 Å². The first kappa shape index (κ1) is 40.5. The molecular formula is C66H46N2. The van der Waals surface area contributed by atoms with Gasteiger partial charge in [0.15, 0.2) is 0 Å². The van der Waals surface area contributed by atoms with Crippen LogP contribution in [-0.2, 0) is 0 Å². The molecule has 12 aromatic rings. The number of rotatable bonds is 10. The van der Waals surface area contributed by atoms with Gasteiger partial charge in [0.05, 0.1) is 11.0 Å². The van der Waals surface area contributed by atoms with E-state index in [1.54, 1.807) is 0 Å². The van der Waals surface area contributed by atoms with Crippen LogP contribution in [0.3, 0.4) is 0 Å². The molecule has 320 valence electrons. The molecule has 0 fully saturated rings. The molecule has 12 rings (SSSR count). The maximum atomic E-state index is 2.43. The molecule has 2 nitrogen and oxygen atoms in total. The van der Waals surface area contributed by atoms with Gasteiger partial charge in [-0.1, -0.05) is 212 Å². The van der Waals surface area contributed by atoms with E-state index in [4.69, 9.17) is 0 Å². The molecule has 2 heteroatoms. The summed E-state index contributed by atoms with van der Waals surface area (Å²) in [6.45, 7) is 0. The monoisotopic (exact) mass is 866 g/mol. The van der Waals surface area contributed by atoms with Crippen LogP contribution in [0.4, 0.5) is 17.1 Å². The third kappa shape index (κ3) is 7.85. The molecule has 0 unspecified atom stereocenters. The van der Waals surface area contributed by atoms with Crippen LogP contribution in [0, 0.1) is 0 Å². The van der Waals surface area contributed by atoms with Crippen LogP contribution in [0.15, 0.2) is 279 Å². The highest BCUT2D eigenvalue weighted by molar-refractivity contribution is 6.11. The molecule has 0 saturated heterocycles. The summed E-state index contributed by atoms with van der Waals surface area (Å²) in [5.41, 5.74) is 21.1. The van der Waals surface area contributed by atoms with Gasteiger partial charge in [0.2, 0.25) is 0 Å². The maximum absolute atomic E-state index is 2.43. The highest BCUT2D eigenvalue weighted by Crippen LogP contribution is 2.41. The van der Waals surface area contributed by atoms with E-state index < -0.39 is 0 Å². The second-order valence-corrected chi connectivity index (χ2v) is 17.4. The largest absolute Gasteiger partial charge is 0.311 e. The normalized spacial score (nSPS) is 11.2. The van der Waals surface area contributed by atoms with E-state index in [0.29, 0.717) is 0 Å². The average molecular weight is 867 g/mol. The first-order valence-corrected chi connectivity index (χ1v) is 23.3. The lowest BCUT2D eigenvalue weighted by Gasteiger charge is -2.26. The van der Waals surface area contributed by atoms with Gasteiger partial charge < -0.3 is 9.47 Å². The SMILES string of the molecule is c1ccc(-c2ccc(-c3ccc(N(c4ccc(-c5ccc(-c6ccccc6)cc5)cc4)c4ccc(-n5c6ccc(-c7ccccc7)cc6c6ccc(-c7ccccc7)cc65)cc4)cc3)cc2)cc1. The smallest absolute Gasteiger partial charge is 0.0547 e. The fraction of sp³-hybridized carbons (Fsp3) is 0. The molecule has 1 heterocycles. The zero-order valence-electron chi connectivity index (χ0n) is 37.5. The molecule has 1 aromatic heterocycles. The second-order valence-electron chi connectivity index (χ2n) is 17.4. The van der Waals surface area contributed by atoms with Crippen LogP contribution in [0.1, 0.15) is 0 Å². The second kappa shape index (κ2) is 17.8. The third-order valence-electron chi connectivity index (χ3n) is 13.2. The van der Waals surface area contributed by atoms with Crippen LogP contribution >= 0.6 is 0 Å². The summed E-state index contributed by atoms with van der Waals surface area (Å²) < 4.78 is 2.43. The lowest BCUT2D eigenvalue weighted by atomic mass is 9.99. The molecule has 0 saturated carbocycles. The van der Waals surface area contributed by atoms with Crippen molar-refractivity contribution in [2.75, 3.05) is 4.90 Å². The lowest BCUT2D eigenvalue weighted by molar-refractivity contribution is 1.17. The molecule has 0 aliphatic rings. The Balaban J connectivity index is 0.931. The molecule has 0 atom stereocenters. The lowest BCUT2D eigenvalue weighted by Crippen LogP contribution is -2.10. The van der Waals surface area contributed by atoms with Crippen molar-refractivity contribution in [2.24, 2.45) is 0 Å². The van der Waals surface area contributed by atoms with Crippen LogP contribution in [0.25, 0.3) is 94.3 Å². The fourth-order valence-corrected chi connectivity index (χ4v) is 9.69. The third-order valence-corrected chi connectivity index (χ3v) is 13.2. The zero-order chi connectivity index (χ0) is 45.2. The van der Waals surface area contributed by atoms with Gasteiger partial charge in [-0.2, -0.15) is 0 Å². The average Bonchev–Trinajstić information content (AvgIpc) is 3.75. The van der Waals surface area contributed by atoms with Gasteiger partial charge in [-0.3, -0.25) is 0 Å². The molecule has 0 bridgehead atoms. The van der Waals surface area contributed by atoms with Gasteiger partial charge in [-0.25, -0.2) is 0 Å². The summed E-state index contributed by atoms with van der Waals surface area (Å²) in [6, 6.07) is 101. The van der Waals surface area contributed by atoms with Crippen LogP contribution in [-0.4, -0.2) is 4.57 Å². The van der Waals surface area contributed by atoms with E-state index >= 15 is 0 Å². The van der Waals surface area contributed by atoms with Crippen molar-refractivity contribution in [2.45, 2.75) is 0 Å². The minimum absolute atomic E-state index is 1.07. The van der Waals surface area contributed by atoms with Crippen LogP contribution < -0.4 is 4.90 Å². The summed E-state index contributed by atoms with van der Waals surface area (Å²) >= 11 is 0. The fourth-order valence-electron chi connectivity index (χ4n) is 9.69. The van der Waals surface area contributed by atoms with Crippen molar-refractivity contribution >= 4 is 38.9 Å². The zero-order valence-corrected chi connectivity index (χ0v) is 37.5. The molecule has 0 aliphatic heterocycles. The highest BCUT2D eigenvalue weighted by atomic mass is 15.1. The van der Waals surface area contributed by atoms with Gasteiger partial charge in [-0.05, 0) is 133 Å². The Hall–Kier alpha value is -8.98. The van der Waals surface area contributed by atoms with Crippen molar-refractivity contribution < 1.29 is 0 Å². The summed E-state index contributed by atoms with van der Waals surface area (Å²) in [7, 11) is 0. The maximum Gasteiger partial charge on any atom is 0.0547 e. The number of hydrogen-bond acceptors (Lipinski definition) is 1. The summed E-state index contributed by atoms with van der Waals surface area (Å²) in [5, 5.41) is 2.46. The number of aromatic nitrogens is 1. The summed E-state index contributed by atoms with van der Waals surface area (Å²) in [4.78, 5) is 2.36. The summed E-state index contributed by atoms with van der Waals surface area (Å²) in [5.74, 6) is 0. The number of fused-ring (bicyclic) bond motifs is 3. The molecule has 0 radical (unpaired) electrons. The van der Waals surface area contributed by atoms with Gasteiger partial charge in [0.25, 0.3) is 0 Å². The Morgan fingerprint density at radius 2 is 0.500 bits per heavy atom. The van der Waals surface area contributed by atoms with E-state index in [1.807, 2.05) is 0 Å². The molecule has 0 N–H and O–H groups in total. The predicted molar refractivity (Wildman–Crippen MR) is 288 cm³/mol. The summed E-state index contributed by atoms with van der Waals surface area (Å²) in [6.07, 6.45) is 0. The Bertz CT molecular complexity index is 3510. The standard InChI is InChI=1S/C66H46N2/c1-5-13-47(14-6-1)51-21-25-53(26-22-51)55-29-35-59(36-30-55)67(60-37-31-56(32-38-60)54-27-23-52(24-28-54)48-15-7-2-8-16-48)61-39-41-62(42-40-61)68-65-44-34-57(49-17-9-3-10-18-49)45-64(65)63-43-33-58(46-66(63)68)50-19-11-4-12-20-50/h1-46H. The molecule has 68 heavy (non-hydrogen) atoms. The number of hydrogen-bond donors (Lipinski definition) is 0. The van der Waals surface area contributed by atoms with Gasteiger partial charge in [0.1, 0.15) is 0 Å². The van der Waals surface area contributed by atoms with Gasteiger partial charge in [0, 0.05) is 33.5 Å². The van der Waals surface area contributed by atoms with E-state index in [-0.39, 0.29) is 0 Å². The van der Waals surface area contributed by atoms with Crippen LogP contribution in [0.5, 0.6) is 0 Å². The van der Waals surface area contributed by atoms with E-state index in [9.17, 15) is 0 Å². The molecule has 0 aliphatic carbocycles. The molecular weight excluding hydrogens is 821 g/mol. The Morgan fingerprint density at radius 1 is 0.206 bits per heavy atom. The first-order chi connectivity index (χ1) is 33.7. The van der Waals surface area contributed by atoms with Crippen molar-refractivity contribution in [1.82, 2.24) is 4.57 Å². The number of benzene rings is 11. The number of nitrogens with zero attached hydrogens (tertiary/aromatic N) is 2. The number of anilines is 3. The Labute approximate surface area is 397 Å². The predicted octanol–water partition coefficient (Wildman–Crippen LogP) is 18.3. The minimum Gasteiger partial charge on any atom is -0.311 e. The van der Waals surface area contributed by atoms with E-state index in [1.165, 1.54) is 88.6 Å². The molecule has 0 spiro atoms. The quantitative estimate of drug-likeness (QED) is 0.133. The van der Waals surface area contributed by atoms with Gasteiger partial charge >= 0.3 is 0 Å². The van der Waals surface area contributed by atoms with E-state index in [0.717, 1.165) is 22.7 Å². The Kier molecular flexibility index (Phi) is 10.6. The molecule has 0 amide bonds. The Morgan fingerprint density at radius 3 is 0.897 bits per heavy atom. The van der Waals surface area contributed by atoms with Gasteiger partial charge in [-0.15, -0.1) is 0 Å². The minimum atomic E-state index is 1.07. The van der Waals surface area contributed by atoms with E-state index in [2.05, 4.69) is 289 Å².